The first-order valence-corrected chi connectivity index (χ1v) is 7.12. The molecule has 1 aliphatic heterocycles. The number of rotatable bonds is 1. The first kappa shape index (κ1) is 15.2. The van der Waals surface area contributed by atoms with Gasteiger partial charge in [0.15, 0.2) is 0 Å². The van der Waals surface area contributed by atoms with Crippen molar-refractivity contribution in [1.29, 1.82) is 0 Å². The molecule has 0 atom stereocenters. The number of hydrogen-bond acceptors (Lipinski definition) is 1. The second-order valence-electron chi connectivity index (χ2n) is 5.21. The highest BCUT2D eigenvalue weighted by Crippen LogP contribution is 2.37. The average Bonchev–Trinajstić information content (AvgIpc) is 2.47. The molecule has 1 aliphatic rings. The van der Waals surface area contributed by atoms with Gasteiger partial charge in [0.25, 0.3) is 0 Å². The van der Waals surface area contributed by atoms with Crippen LogP contribution in [0.15, 0.2) is 36.4 Å². The van der Waals surface area contributed by atoms with E-state index in [0.717, 1.165) is 11.6 Å². The molecule has 0 unspecified atom stereocenters. The number of halogens is 5. The van der Waals surface area contributed by atoms with Crippen LogP contribution < -0.4 is 4.90 Å². The van der Waals surface area contributed by atoms with Gasteiger partial charge in [-0.25, -0.2) is 4.39 Å². The van der Waals surface area contributed by atoms with Crippen molar-refractivity contribution in [3.8, 4) is 0 Å². The van der Waals surface area contributed by atoms with Gasteiger partial charge in [-0.15, -0.1) is 0 Å². The molecule has 116 valence electrons. The van der Waals surface area contributed by atoms with E-state index in [2.05, 4.69) is 0 Å². The summed E-state index contributed by atoms with van der Waals surface area (Å²) in [5, 5.41) is -0.333. The molecule has 0 bridgehead atoms. The van der Waals surface area contributed by atoms with Gasteiger partial charge in [-0.3, -0.25) is 0 Å². The first-order chi connectivity index (χ1) is 10.4. The summed E-state index contributed by atoms with van der Waals surface area (Å²) in [5.74, 6) is -0.327. The molecule has 1 nitrogen and oxygen atoms in total. The summed E-state index contributed by atoms with van der Waals surface area (Å²) in [6, 6.07) is 8.64. The van der Waals surface area contributed by atoms with Crippen LogP contribution in [-0.4, -0.2) is 6.54 Å². The standard InChI is InChI=1S/C16H12ClF4N/c17-14-5-4-11(8-13(14)16(19,20)21)22-7-6-10-2-1-3-15(18)12(10)9-22/h1-5,8H,6-7,9H2. The van der Waals surface area contributed by atoms with Gasteiger partial charge in [0.1, 0.15) is 5.82 Å². The smallest absolute Gasteiger partial charge is 0.367 e. The van der Waals surface area contributed by atoms with Gasteiger partial charge in [0.2, 0.25) is 0 Å². The molecule has 1 heterocycles. The van der Waals surface area contributed by atoms with Gasteiger partial charge >= 0.3 is 6.18 Å². The third-order valence-corrected chi connectivity index (χ3v) is 4.17. The molecule has 2 aromatic carbocycles. The molecular weight excluding hydrogens is 318 g/mol. The quantitative estimate of drug-likeness (QED) is 0.661. The van der Waals surface area contributed by atoms with Crippen molar-refractivity contribution < 1.29 is 17.6 Å². The second kappa shape index (κ2) is 5.47. The average molecular weight is 330 g/mol. The maximum atomic E-state index is 13.9. The predicted octanol–water partition coefficient (Wildman–Crippen LogP) is 5.06. The summed E-state index contributed by atoms with van der Waals surface area (Å²) < 4.78 is 52.7. The molecule has 0 aromatic heterocycles. The highest BCUT2D eigenvalue weighted by molar-refractivity contribution is 6.31. The van der Waals surface area contributed by atoms with Crippen molar-refractivity contribution in [2.75, 3.05) is 11.4 Å². The normalized spacial score (nSPS) is 14.9. The number of alkyl halides is 3. The van der Waals surface area contributed by atoms with Crippen LogP contribution in [0.3, 0.4) is 0 Å². The van der Waals surface area contributed by atoms with E-state index in [1.807, 2.05) is 6.07 Å². The molecule has 22 heavy (non-hydrogen) atoms. The second-order valence-corrected chi connectivity index (χ2v) is 5.62. The number of benzene rings is 2. The molecule has 0 spiro atoms. The van der Waals surface area contributed by atoms with Crippen molar-refractivity contribution in [3.05, 3.63) is 63.9 Å². The Morgan fingerprint density at radius 3 is 2.59 bits per heavy atom. The summed E-state index contributed by atoms with van der Waals surface area (Å²) >= 11 is 5.63. The van der Waals surface area contributed by atoms with Gasteiger partial charge < -0.3 is 4.90 Å². The number of hydrogen-bond donors (Lipinski definition) is 0. The Morgan fingerprint density at radius 2 is 1.86 bits per heavy atom. The fraction of sp³-hybridized carbons (Fsp3) is 0.250. The summed E-state index contributed by atoms with van der Waals surface area (Å²) in [5.41, 5.74) is 0.968. The minimum Gasteiger partial charge on any atom is -0.367 e. The van der Waals surface area contributed by atoms with Crippen LogP contribution in [0, 0.1) is 5.82 Å². The van der Waals surface area contributed by atoms with E-state index in [0.29, 0.717) is 24.2 Å². The SMILES string of the molecule is Fc1cccc2c1CN(c1ccc(Cl)c(C(F)(F)F)c1)CC2. The summed E-state index contributed by atoms with van der Waals surface area (Å²) in [6.07, 6.45) is -3.91. The Hall–Kier alpha value is -1.75. The molecule has 0 amide bonds. The molecule has 3 rings (SSSR count). The maximum Gasteiger partial charge on any atom is 0.417 e. The van der Waals surface area contributed by atoms with Crippen molar-refractivity contribution in [2.24, 2.45) is 0 Å². The highest BCUT2D eigenvalue weighted by atomic mass is 35.5. The molecule has 6 heteroatoms. The minimum atomic E-state index is -4.51. The third-order valence-electron chi connectivity index (χ3n) is 3.84. The zero-order chi connectivity index (χ0) is 15.9. The van der Waals surface area contributed by atoms with E-state index in [1.165, 1.54) is 18.2 Å². The van der Waals surface area contributed by atoms with Gasteiger partial charge in [0, 0.05) is 24.3 Å². The summed E-state index contributed by atoms with van der Waals surface area (Å²) in [4.78, 5) is 1.73. The molecule has 0 saturated carbocycles. The van der Waals surface area contributed by atoms with E-state index < -0.39 is 11.7 Å². The zero-order valence-electron chi connectivity index (χ0n) is 11.4. The first-order valence-electron chi connectivity index (χ1n) is 6.74. The van der Waals surface area contributed by atoms with E-state index in [9.17, 15) is 17.6 Å². The van der Waals surface area contributed by atoms with Crippen molar-refractivity contribution in [3.63, 3.8) is 0 Å². The Labute approximate surface area is 130 Å². The molecule has 0 saturated heterocycles. The van der Waals surface area contributed by atoms with Crippen LogP contribution in [0.25, 0.3) is 0 Å². The monoisotopic (exact) mass is 329 g/mol. The Morgan fingerprint density at radius 1 is 1.09 bits per heavy atom. The van der Waals surface area contributed by atoms with Crippen molar-refractivity contribution in [1.82, 2.24) is 0 Å². The van der Waals surface area contributed by atoms with E-state index in [4.69, 9.17) is 11.6 Å². The number of anilines is 1. The fourth-order valence-electron chi connectivity index (χ4n) is 2.69. The maximum absolute atomic E-state index is 13.9. The van der Waals surface area contributed by atoms with Gasteiger partial charge in [0.05, 0.1) is 10.6 Å². The largest absolute Gasteiger partial charge is 0.417 e. The predicted molar refractivity (Wildman–Crippen MR) is 77.6 cm³/mol. The molecule has 2 aromatic rings. The molecule has 0 radical (unpaired) electrons. The highest BCUT2D eigenvalue weighted by Gasteiger charge is 2.34. The lowest BCUT2D eigenvalue weighted by molar-refractivity contribution is -0.137. The molecular formula is C16H12ClF4N. The van der Waals surface area contributed by atoms with Crippen LogP contribution in [0.2, 0.25) is 5.02 Å². The van der Waals surface area contributed by atoms with Crippen LogP contribution in [-0.2, 0) is 19.1 Å². The number of fused-ring (bicyclic) bond motifs is 1. The lowest BCUT2D eigenvalue weighted by Gasteiger charge is -2.31. The summed E-state index contributed by atoms with van der Waals surface area (Å²) in [7, 11) is 0. The lowest BCUT2D eigenvalue weighted by Crippen LogP contribution is -2.31. The van der Waals surface area contributed by atoms with Crippen LogP contribution in [0.4, 0.5) is 23.2 Å². The fourth-order valence-corrected chi connectivity index (χ4v) is 2.91. The van der Waals surface area contributed by atoms with E-state index in [1.54, 1.807) is 11.0 Å². The summed E-state index contributed by atoms with van der Waals surface area (Å²) in [6.45, 7) is 0.788. The topological polar surface area (TPSA) is 3.24 Å². The molecule has 0 aliphatic carbocycles. The zero-order valence-corrected chi connectivity index (χ0v) is 12.2. The lowest BCUT2D eigenvalue weighted by atomic mass is 9.98. The van der Waals surface area contributed by atoms with Crippen molar-refractivity contribution >= 4 is 17.3 Å². The van der Waals surface area contributed by atoms with E-state index in [-0.39, 0.29) is 17.4 Å². The van der Waals surface area contributed by atoms with Crippen LogP contribution in [0.5, 0.6) is 0 Å². The van der Waals surface area contributed by atoms with Crippen LogP contribution >= 0.6 is 11.6 Å². The van der Waals surface area contributed by atoms with Gasteiger partial charge in [-0.05, 0) is 36.2 Å². The number of nitrogens with zero attached hydrogens (tertiary/aromatic N) is 1. The van der Waals surface area contributed by atoms with Gasteiger partial charge in [-0.1, -0.05) is 23.7 Å². The minimum absolute atomic E-state index is 0.251. The molecule has 0 fully saturated rings. The molecule has 0 N–H and O–H groups in total. The van der Waals surface area contributed by atoms with Crippen LogP contribution in [0.1, 0.15) is 16.7 Å². The Kier molecular flexibility index (Phi) is 3.77. The van der Waals surface area contributed by atoms with Crippen molar-refractivity contribution in [2.45, 2.75) is 19.1 Å². The van der Waals surface area contributed by atoms with Gasteiger partial charge in [-0.2, -0.15) is 13.2 Å². The Balaban J connectivity index is 1.95. The Bertz CT molecular complexity index is 712. The van der Waals surface area contributed by atoms with E-state index >= 15 is 0 Å². The third kappa shape index (κ3) is 2.77.